The van der Waals surface area contributed by atoms with E-state index in [-0.39, 0.29) is 28.0 Å². The first-order valence-electron chi connectivity index (χ1n) is 15.2. The number of benzene rings is 1. The molecule has 232 valence electrons. The molecule has 0 unspecified atom stereocenters. The molecule has 0 saturated heterocycles. The van der Waals surface area contributed by atoms with Crippen LogP contribution >= 0.6 is 0 Å². The normalized spacial score (nSPS) is 33.7. The molecule has 0 heterocycles. The van der Waals surface area contributed by atoms with Crippen molar-refractivity contribution in [1.29, 1.82) is 0 Å². The van der Waals surface area contributed by atoms with Crippen LogP contribution in [0.15, 0.2) is 41.1 Å². The number of carbonyl (C=O) groups is 3. The van der Waals surface area contributed by atoms with E-state index in [2.05, 4.69) is 30.4 Å². The number of ketones is 1. The number of carbonyl (C=O) groups excluding carboxylic acids is 2. The predicted octanol–water partition coefficient (Wildman–Crippen LogP) is 4.74. The largest absolute Gasteiger partial charge is 0.480 e. The van der Waals surface area contributed by atoms with Gasteiger partial charge in [-0.15, -0.1) is 0 Å². The topological polar surface area (TPSA) is 168 Å². The summed E-state index contributed by atoms with van der Waals surface area (Å²) < 4.78 is 0. The van der Waals surface area contributed by atoms with E-state index in [0.717, 1.165) is 56.7 Å². The van der Waals surface area contributed by atoms with Crippen molar-refractivity contribution in [3.05, 3.63) is 51.6 Å². The van der Waals surface area contributed by atoms with E-state index in [1.807, 2.05) is 0 Å². The first-order chi connectivity index (χ1) is 20.3. The second-order valence-corrected chi connectivity index (χ2v) is 13.3. The lowest BCUT2D eigenvalue weighted by Gasteiger charge is -2.58. The number of allylic oxidation sites excluding steroid dienone is 2. The van der Waals surface area contributed by atoms with Crippen LogP contribution in [-0.4, -0.2) is 51.2 Å². The summed E-state index contributed by atoms with van der Waals surface area (Å²) >= 11 is 0. The second-order valence-electron chi connectivity index (χ2n) is 13.3. The van der Waals surface area contributed by atoms with Gasteiger partial charge in [0.15, 0.2) is 12.6 Å². The maximum absolute atomic E-state index is 12.5. The smallest absolute Gasteiger partial charge is 0.329 e. The van der Waals surface area contributed by atoms with Gasteiger partial charge in [-0.2, -0.15) is 0 Å². The number of rotatable bonds is 9. The molecular weight excluding hydrogens is 554 g/mol. The molecule has 1 aromatic rings. The second kappa shape index (κ2) is 11.8. The summed E-state index contributed by atoms with van der Waals surface area (Å²) in [5.41, 5.74) is 1.98. The van der Waals surface area contributed by atoms with Crippen LogP contribution in [-0.2, 0) is 19.2 Å². The Morgan fingerprint density at radius 1 is 1.14 bits per heavy atom. The highest BCUT2D eigenvalue weighted by Crippen LogP contribution is 2.66. The lowest BCUT2D eigenvalue weighted by molar-refractivity contribution is -0.385. The van der Waals surface area contributed by atoms with Crippen LogP contribution in [0.25, 0.3) is 0 Å². The van der Waals surface area contributed by atoms with Gasteiger partial charge >= 0.3 is 5.97 Å². The Morgan fingerprint density at radius 2 is 1.91 bits per heavy atom. The lowest BCUT2D eigenvalue weighted by atomic mass is 9.46. The van der Waals surface area contributed by atoms with Crippen molar-refractivity contribution in [1.82, 2.24) is 5.32 Å². The zero-order valence-electron chi connectivity index (χ0n) is 25.0. The average molecular weight is 596 g/mol. The number of nitro groups is 1. The Morgan fingerprint density at radius 3 is 2.60 bits per heavy atom. The highest BCUT2D eigenvalue weighted by atomic mass is 16.6. The van der Waals surface area contributed by atoms with Gasteiger partial charge < -0.3 is 20.4 Å². The number of nitrogens with zero attached hydrogens (tertiary/aromatic N) is 2. The van der Waals surface area contributed by atoms with Crippen molar-refractivity contribution in [3.63, 3.8) is 0 Å². The number of nitro benzene ring substituents is 1. The number of fused-ring (bicyclic) bond motifs is 5. The zero-order valence-corrected chi connectivity index (χ0v) is 25.0. The zero-order chi connectivity index (χ0) is 31.1. The highest BCUT2D eigenvalue weighted by molar-refractivity contribution is 5.96. The van der Waals surface area contributed by atoms with Crippen molar-refractivity contribution in [2.24, 2.45) is 39.7 Å². The van der Waals surface area contributed by atoms with E-state index in [0.29, 0.717) is 30.0 Å². The molecule has 8 atom stereocenters. The number of hydrogen-bond donors (Lipinski definition) is 3. The van der Waals surface area contributed by atoms with E-state index >= 15 is 0 Å². The molecule has 5 rings (SSSR count). The van der Waals surface area contributed by atoms with Crippen LogP contribution in [0.4, 0.5) is 5.69 Å². The standard InChI is InChI=1S/C32H41N3O8/c1-18(36)24-9-10-25-23-8-7-20-16-21(11-13-31(20,2)26(23)12-14-32(24,25)3)34-43-17-27(37)33-28(30(39)40)29(38)19-5-4-6-22(15-19)35(41)42/h4-6,15-16,23-26,28-29,38H,7-14,17H2,1-3H3,(H,33,37)(H,39,40)/t23-,24-,25+,26-,28-,29-,31-,32+/m0/s1. The molecule has 3 saturated carbocycles. The molecule has 3 fully saturated rings. The fraction of sp³-hybridized carbons (Fsp3) is 0.625. The minimum atomic E-state index is -1.73. The number of oxime groups is 1. The molecule has 0 aromatic heterocycles. The average Bonchev–Trinajstić information content (AvgIpc) is 3.33. The van der Waals surface area contributed by atoms with Gasteiger partial charge in [-0.25, -0.2) is 4.79 Å². The third-order valence-corrected chi connectivity index (χ3v) is 11.2. The van der Waals surface area contributed by atoms with Crippen molar-refractivity contribution in [3.8, 4) is 0 Å². The van der Waals surface area contributed by atoms with Crippen LogP contribution in [0.5, 0.6) is 0 Å². The van der Waals surface area contributed by atoms with Crippen molar-refractivity contribution < 1.29 is 34.4 Å². The number of aliphatic hydroxyl groups excluding tert-OH is 1. The monoisotopic (exact) mass is 595 g/mol. The van der Waals surface area contributed by atoms with Gasteiger partial charge in [-0.1, -0.05) is 36.7 Å². The third kappa shape index (κ3) is 5.71. The summed E-state index contributed by atoms with van der Waals surface area (Å²) in [4.78, 5) is 52.4. The molecule has 4 aliphatic carbocycles. The van der Waals surface area contributed by atoms with Crippen LogP contribution in [0.2, 0.25) is 0 Å². The van der Waals surface area contributed by atoms with Crippen LogP contribution in [0.3, 0.4) is 0 Å². The fourth-order valence-corrected chi connectivity index (χ4v) is 8.99. The number of non-ortho nitro benzene ring substituents is 1. The Bertz CT molecular complexity index is 1370. The van der Waals surface area contributed by atoms with Crippen LogP contribution in [0, 0.1) is 44.6 Å². The Balaban J connectivity index is 1.20. The summed E-state index contributed by atoms with van der Waals surface area (Å²) in [5.74, 6) is 0.0504. The van der Waals surface area contributed by atoms with E-state index in [1.54, 1.807) is 6.92 Å². The molecule has 43 heavy (non-hydrogen) atoms. The van der Waals surface area contributed by atoms with Gasteiger partial charge in [0.05, 0.1) is 10.6 Å². The first kappa shape index (κ1) is 30.8. The maximum atomic E-state index is 12.5. The summed E-state index contributed by atoms with van der Waals surface area (Å²) in [6, 6.07) is 3.23. The van der Waals surface area contributed by atoms with Gasteiger partial charge in [0, 0.05) is 18.1 Å². The van der Waals surface area contributed by atoms with Gasteiger partial charge in [0.2, 0.25) is 0 Å². The molecule has 1 aromatic carbocycles. The summed E-state index contributed by atoms with van der Waals surface area (Å²) in [7, 11) is 0. The van der Waals surface area contributed by atoms with Crippen LogP contribution in [0.1, 0.15) is 83.8 Å². The molecule has 3 N–H and O–H groups in total. The summed E-state index contributed by atoms with van der Waals surface area (Å²) in [6.07, 6.45) is 8.50. The van der Waals surface area contributed by atoms with Gasteiger partial charge in [0.1, 0.15) is 11.9 Å². The number of aliphatic carboxylic acids is 1. The molecule has 0 radical (unpaired) electrons. The third-order valence-electron chi connectivity index (χ3n) is 11.2. The van der Waals surface area contributed by atoms with Crippen molar-refractivity contribution in [2.45, 2.75) is 84.3 Å². The first-order valence-corrected chi connectivity index (χ1v) is 15.2. The van der Waals surface area contributed by atoms with E-state index in [4.69, 9.17) is 4.84 Å². The Kier molecular flexibility index (Phi) is 8.48. The minimum Gasteiger partial charge on any atom is -0.480 e. The molecule has 0 spiro atoms. The molecule has 0 aliphatic heterocycles. The van der Waals surface area contributed by atoms with E-state index in [9.17, 15) is 34.7 Å². The molecule has 0 bridgehead atoms. The number of amides is 1. The van der Waals surface area contributed by atoms with Crippen LogP contribution < -0.4 is 5.32 Å². The quantitative estimate of drug-likeness (QED) is 0.272. The fourth-order valence-electron chi connectivity index (χ4n) is 8.99. The number of carboxylic acids is 1. The molecule has 11 heteroatoms. The Hall–Kier alpha value is -3.60. The predicted molar refractivity (Wildman–Crippen MR) is 157 cm³/mol. The van der Waals surface area contributed by atoms with Crippen molar-refractivity contribution in [2.75, 3.05) is 6.61 Å². The van der Waals surface area contributed by atoms with E-state index in [1.165, 1.54) is 23.8 Å². The lowest BCUT2D eigenvalue weighted by Crippen LogP contribution is -2.51. The van der Waals surface area contributed by atoms with Gasteiger partial charge in [-0.05, 0) is 98.5 Å². The molecule has 11 nitrogen and oxygen atoms in total. The van der Waals surface area contributed by atoms with E-state index < -0.39 is 35.6 Å². The number of hydrogen-bond acceptors (Lipinski definition) is 8. The Labute approximate surface area is 250 Å². The SMILES string of the molecule is CC(=O)[C@@H]1CC[C@@H]2[C@@H]3CCC4=CC(=NOCC(=O)N[C@H](C(=O)O)[C@@H](O)c5cccc([N+](=O)[O-])c5)CC[C@]4(C)[C@H]3CC[C@@]21C. The molecule has 4 aliphatic rings. The van der Waals surface area contributed by atoms with Gasteiger partial charge in [0.25, 0.3) is 11.6 Å². The number of carboxylic acid groups (broad SMARTS) is 1. The maximum Gasteiger partial charge on any atom is 0.329 e. The highest BCUT2D eigenvalue weighted by Gasteiger charge is 2.59. The number of Topliss-reactive ketones (excluding diaryl/α,β-unsaturated/α-hetero) is 1. The van der Waals surface area contributed by atoms with Gasteiger partial charge in [-0.3, -0.25) is 19.7 Å². The molecule has 1 amide bonds. The summed E-state index contributed by atoms with van der Waals surface area (Å²) in [6.45, 7) is 5.94. The minimum absolute atomic E-state index is 0.0103. The summed E-state index contributed by atoms with van der Waals surface area (Å²) in [5, 5.41) is 37.6. The molecular formula is C32H41N3O8. The number of aliphatic hydroxyl groups is 1. The number of nitrogens with one attached hydrogen (secondary N) is 1. The van der Waals surface area contributed by atoms with Crippen molar-refractivity contribution >= 4 is 29.1 Å².